The maximum Gasteiger partial charge on any atom is 0.227 e. The van der Waals surface area contributed by atoms with Crippen molar-refractivity contribution in [2.24, 2.45) is 0 Å². The van der Waals surface area contributed by atoms with E-state index in [1.165, 1.54) is 0 Å². The average molecular weight is 345 g/mol. The maximum absolute atomic E-state index is 12.6. The fraction of sp³-hybridized carbons (Fsp3) is 0.294. The third kappa shape index (κ3) is 3.70. The molecule has 1 aromatic heterocycles. The van der Waals surface area contributed by atoms with E-state index in [4.69, 9.17) is 0 Å². The van der Waals surface area contributed by atoms with E-state index in [0.717, 1.165) is 28.4 Å². The number of hydrogen-bond acceptors (Lipinski definition) is 2. The van der Waals surface area contributed by atoms with Crippen LogP contribution in [-0.2, 0) is 17.8 Å². The van der Waals surface area contributed by atoms with Gasteiger partial charge in [0.15, 0.2) is 0 Å². The molecule has 2 aromatic rings. The van der Waals surface area contributed by atoms with Crippen molar-refractivity contribution in [3.63, 3.8) is 0 Å². The smallest absolute Gasteiger partial charge is 0.227 e. The van der Waals surface area contributed by atoms with E-state index >= 15 is 0 Å². The Morgan fingerprint density at radius 2 is 2.05 bits per heavy atom. The number of nitrogens with zero attached hydrogens (tertiary/aromatic N) is 2. The second kappa shape index (κ2) is 6.39. The normalized spacial score (nSPS) is 14.0. The zero-order valence-electron chi connectivity index (χ0n) is 11.7. The van der Waals surface area contributed by atoms with Gasteiger partial charge in [0.2, 0.25) is 5.91 Å². The van der Waals surface area contributed by atoms with Crippen LogP contribution in [0, 0.1) is 0 Å². The molecule has 1 amide bonds. The number of amides is 1. The van der Waals surface area contributed by atoms with E-state index < -0.39 is 0 Å². The molecule has 0 atom stereocenters. The number of pyridine rings is 1. The number of carbonyl (C=O) groups is 1. The predicted octanol–water partition coefficient (Wildman–Crippen LogP) is 3.58. The van der Waals surface area contributed by atoms with Crippen LogP contribution >= 0.6 is 15.9 Å². The molecule has 1 heterocycles. The van der Waals surface area contributed by atoms with Crippen LogP contribution in [-0.4, -0.2) is 21.8 Å². The van der Waals surface area contributed by atoms with Crippen LogP contribution in [0.2, 0.25) is 0 Å². The Hall–Kier alpha value is -1.68. The number of aromatic nitrogens is 1. The summed E-state index contributed by atoms with van der Waals surface area (Å²) in [6.07, 6.45) is 6.26. The molecule has 1 fully saturated rings. The van der Waals surface area contributed by atoms with Crippen molar-refractivity contribution in [1.82, 2.24) is 9.88 Å². The molecule has 0 unspecified atom stereocenters. The van der Waals surface area contributed by atoms with Gasteiger partial charge < -0.3 is 4.90 Å². The zero-order chi connectivity index (χ0) is 14.7. The van der Waals surface area contributed by atoms with Crippen molar-refractivity contribution in [3.8, 4) is 0 Å². The Kier molecular flexibility index (Phi) is 4.34. The second-order valence-electron chi connectivity index (χ2n) is 5.38. The summed E-state index contributed by atoms with van der Waals surface area (Å²) in [5, 5.41) is 0. The van der Waals surface area contributed by atoms with Gasteiger partial charge in [0.1, 0.15) is 0 Å². The number of carbonyl (C=O) groups excluding carboxylic acids is 1. The Morgan fingerprint density at radius 3 is 2.71 bits per heavy atom. The van der Waals surface area contributed by atoms with Crippen LogP contribution in [0.3, 0.4) is 0 Å². The van der Waals surface area contributed by atoms with Crippen molar-refractivity contribution >= 4 is 21.8 Å². The zero-order valence-corrected chi connectivity index (χ0v) is 13.3. The highest BCUT2D eigenvalue weighted by atomic mass is 79.9. The Labute approximate surface area is 133 Å². The summed E-state index contributed by atoms with van der Waals surface area (Å²) in [7, 11) is 0. The lowest BCUT2D eigenvalue weighted by molar-refractivity contribution is -0.131. The third-order valence-electron chi connectivity index (χ3n) is 3.68. The summed E-state index contributed by atoms with van der Waals surface area (Å²) in [5.41, 5.74) is 2.13. The monoisotopic (exact) mass is 344 g/mol. The van der Waals surface area contributed by atoms with E-state index in [-0.39, 0.29) is 5.91 Å². The largest absolute Gasteiger partial charge is 0.335 e. The first-order chi connectivity index (χ1) is 10.2. The van der Waals surface area contributed by atoms with Crippen molar-refractivity contribution in [2.75, 3.05) is 0 Å². The molecule has 3 rings (SSSR count). The van der Waals surface area contributed by atoms with E-state index in [9.17, 15) is 4.79 Å². The van der Waals surface area contributed by atoms with Gasteiger partial charge in [-0.25, -0.2) is 0 Å². The fourth-order valence-corrected chi connectivity index (χ4v) is 2.83. The van der Waals surface area contributed by atoms with Crippen molar-refractivity contribution in [2.45, 2.75) is 31.8 Å². The standard InChI is InChI=1S/C17H17BrN2O/c18-16-6-2-1-5-14(16)10-17(21)20(15-7-8-15)12-13-4-3-9-19-11-13/h1-6,9,11,15H,7-8,10,12H2. The van der Waals surface area contributed by atoms with Crippen LogP contribution in [0.4, 0.5) is 0 Å². The van der Waals surface area contributed by atoms with Crippen molar-refractivity contribution < 1.29 is 4.79 Å². The van der Waals surface area contributed by atoms with Crippen LogP contribution in [0.5, 0.6) is 0 Å². The molecular weight excluding hydrogens is 328 g/mol. The van der Waals surface area contributed by atoms with Gasteiger partial charge in [0, 0.05) is 29.5 Å². The Morgan fingerprint density at radius 1 is 1.24 bits per heavy atom. The SMILES string of the molecule is O=C(Cc1ccccc1Br)N(Cc1cccnc1)C1CC1. The van der Waals surface area contributed by atoms with E-state index in [2.05, 4.69) is 20.9 Å². The molecule has 1 aliphatic rings. The number of hydrogen-bond donors (Lipinski definition) is 0. The first-order valence-corrected chi connectivity index (χ1v) is 7.95. The number of benzene rings is 1. The van der Waals surface area contributed by atoms with Gasteiger partial charge in [-0.2, -0.15) is 0 Å². The highest BCUT2D eigenvalue weighted by Crippen LogP contribution is 2.29. The summed E-state index contributed by atoms with van der Waals surface area (Å²) in [6.45, 7) is 0.655. The van der Waals surface area contributed by atoms with Crippen molar-refractivity contribution in [1.29, 1.82) is 0 Å². The van der Waals surface area contributed by atoms with Gasteiger partial charge in [0.05, 0.1) is 6.42 Å². The minimum Gasteiger partial charge on any atom is -0.335 e. The van der Waals surface area contributed by atoms with Gasteiger partial charge in [-0.15, -0.1) is 0 Å². The van der Waals surface area contributed by atoms with Crippen molar-refractivity contribution in [3.05, 3.63) is 64.4 Å². The van der Waals surface area contributed by atoms with Crippen LogP contribution in [0.15, 0.2) is 53.3 Å². The van der Waals surface area contributed by atoms with Gasteiger partial charge in [-0.05, 0) is 36.1 Å². The van der Waals surface area contributed by atoms with E-state index in [1.807, 2.05) is 47.5 Å². The minimum atomic E-state index is 0.188. The van der Waals surface area contributed by atoms with Gasteiger partial charge >= 0.3 is 0 Å². The lowest BCUT2D eigenvalue weighted by Gasteiger charge is -2.22. The molecule has 3 nitrogen and oxygen atoms in total. The molecule has 108 valence electrons. The summed E-state index contributed by atoms with van der Waals surface area (Å²) in [6, 6.07) is 12.2. The van der Waals surface area contributed by atoms with Gasteiger partial charge in [0.25, 0.3) is 0 Å². The van der Waals surface area contributed by atoms with Crippen LogP contribution in [0.1, 0.15) is 24.0 Å². The van der Waals surface area contributed by atoms with Gasteiger partial charge in [-0.1, -0.05) is 40.2 Å². The molecule has 0 N–H and O–H groups in total. The minimum absolute atomic E-state index is 0.188. The molecule has 1 saturated carbocycles. The number of rotatable bonds is 5. The predicted molar refractivity (Wildman–Crippen MR) is 85.7 cm³/mol. The van der Waals surface area contributed by atoms with Crippen LogP contribution in [0.25, 0.3) is 0 Å². The highest BCUT2D eigenvalue weighted by Gasteiger charge is 2.32. The molecular formula is C17H17BrN2O. The molecule has 21 heavy (non-hydrogen) atoms. The average Bonchev–Trinajstić information content (AvgIpc) is 3.33. The Bertz CT molecular complexity index is 626. The molecule has 1 aliphatic carbocycles. The van der Waals surface area contributed by atoms with E-state index in [0.29, 0.717) is 19.0 Å². The molecule has 0 aliphatic heterocycles. The molecule has 0 bridgehead atoms. The first-order valence-electron chi connectivity index (χ1n) is 7.16. The summed E-state index contributed by atoms with van der Waals surface area (Å²) >= 11 is 3.51. The number of halogens is 1. The quantitative estimate of drug-likeness (QED) is 0.830. The lowest BCUT2D eigenvalue weighted by atomic mass is 10.1. The topological polar surface area (TPSA) is 33.2 Å². The first kappa shape index (κ1) is 14.3. The molecule has 1 aromatic carbocycles. The molecule has 0 saturated heterocycles. The molecule has 4 heteroatoms. The summed E-state index contributed by atoms with van der Waals surface area (Å²) in [5.74, 6) is 0.188. The second-order valence-corrected chi connectivity index (χ2v) is 6.24. The van der Waals surface area contributed by atoms with Gasteiger partial charge in [-0.3, -0.25) is 9.78 Å². The fourth-order valence-electron chi connectivity index (χ4n) is 2.40. The third-order valence-corrected chi connectivity index (χ3v) is 4.46. The Balaban J connectivity index is 1.72. The molecule has 0 spiro atoms. The summed E-state index contributed by atoms with van der Waals surface area (Å²) < 4.78 is 0.996. The van der Waals surface area contributed by atoms with E-state index in [1.54, 1.807) is 6.20 Å². The lowest BCUT2D eigenvalue weighted by Crippen LogP contribution is -2.33. The molecule has 0 radical (unpaired) electrons. The highest BCUT2D eigenvalue weighted by molar-refractivity contribution is 9.10. The maximum atomic E-state index is 12.6. The van der Waals surface area contributed by atoms with Crippen LogP contribution < -0.4 is 0 Å². The summed E-state index contributed by atoms with van der Waals surface area (Å²) in [4.78, 5) is 18.8.